The smallest absolute Gasteiger partial charge is 0.338 e. The predicted molar refractivity (Wildman–Crippen MR) is 72.8 cm³/mol. The molecule has 0 aliphatic carbocycles. The van der Waals surface area contributed by atoms with Gasteiger partial charge in [0.1, 0.15) is 5.52 Å². The fourth-order valence-electron chi connectivity index (χ4n) is 1.72. The first-order valence-corrected chi connectivity index (χ1v) is 5.97. The van der Waals surface area contributed by atoms with Gasteiger partial charge in [-0.25, -0.2) is 4.79 Å². The van der Waals surface area contributed by atoms with Gasteiger partial charge in [-0.3, -0.25) is 0 Å². The normalized spacial score (nSPS) is 11.2. The number of hydrogen-bond donors (Lipinski definition) is 1. The highest BCUT2D eigenvalue weighted by Gasteiger charge is 2.16. The van der Waals surface area contributed by atoms with Crippen molar-refractivity contribution >= 4 is 23.1 Å². The van der Waals surface area contributed by atoms with Crippen molar-refractivity contribution in [2.75, 3.05) is 39.1 Å². The van der Waals surface area contributed by atoms with Crippen LogP contribution in [0.25, 0.3) is 11.1 Å². The summed E-state index contributed by atoms with van der Waals surface area (Å²) in [6.45, 7) is 1.61. The molecule has 1 aromatic heterocycles. The van der Waals surface area contributed by atoms with Crippen molar-refractivity contribution in [3.05, 3.63) is 23.8 Å². The van der Waals surface area contributed by atoms with Crippen LogP contribution in [0, 0.1) is 0 Å². The molecule has 102 valence electrons. The number of para-hydroxylation sites is 1. The van der Waals surface area contributed by atoms with Gasteiger partial charge in [0.15, 0.2) is 5.58 Å². The SMILES string of the molecule is CN(C)CCN(C)c1nc2c(C(=O)O)cccc2o1. The molecule has 0 saturated heterocycles. The van der Waals surface area contributed by atoms with Gasteiger partial charge < -0.3 is 19.3 Å². The van der Waals surface area contributed by atoms with Gasteiger partial charge in [0, 0.05) is 20.1 Å². The highest BCUT2D eigenvalue weighted by Crippen LogP contribution is 2.24. The molecule has 1 N–H and O–H groups in total. The lowest BCUT2D eigenvalue weighted by Gasteiger charge is -2.17. The maximum absolute atomic E-state index is 11.1. The number of aromatic nitrogens is 1. The molecule has 0 fully saturated rings. The highest BCUT2D eigenvalue weighted by molar-refractivity contribution is 6.00. The van der Waals surface area contributed by atoms with Gasteiger partial charge in [-0.1, -0.05) is 6.07 Å². The van der Waals surface area contributed by atoms with Crippen LogP contribution in [-0.2, 0) is 0 Å². The van der Waals surface area contributed by atoms with Gasteiger partial charge in [-0.15, -0.1) is 0 Å². The molecular weight excluding hydrogens is 246 g/mol. The van der Waals surface area contributed by atoms with Crippen LogP contribution < -0.4 is 4.90 Å². The molecule has 0 aliphatic heterocycles. The highest BCUT2D eigenvalue weighted by atomic mass is 16.4. The summed E-state index contributed by atoms with van der Waals surface area (Å²) in [4.78, 5) is 19.3. The van der Waals surface area contributed by atoms with Crippen molar-refractivity contribution in [3.63, 3.8) is 0 Å². The minimum absolute atomic E-state index is 0.161. The van der Waals surface area contributed by atoms with Gasteiger partial charge >= 0.3 is 5.97 Å². The van der Waals surface area contributed by atoms with Crippen molar-refractivity contribution in [3.8, 4) is 0 Å². The van der Waals surface area contributed by atoms with E-state index in [1.165, 1.54) is 6.07 Å². The molecule has 6 nitrogen and oxygen atoms in total. The Kier molecular flexibility index (Phi) is 3.71. The topological polar surface area (TPSA) is 69.8 Å². The van der Waals surface area contributed by atoms with Crippen LogP contribution in [0.15, 0.2) is 22.6 Å². The van der Waals surface area contributed by atoms with Crippen LogP contribution in [0.3, 0.4) is 0 Å². The van der Waals surface area contributed by atoms with E-state index in [1.807, 2.05) is 26.0 Å². The number of carbonyl (C=O) groups is 1. The fraction of sp³-hybridized carbons (Fsp3) is 0.385. The van der Waals surface area contributed by atoms with Crippen molar-refractivity contribution in [2.24, 2.45) is 0 Å². The van der Waals surface area contributed by atoms with Gasteiger partial charge in [0.25, 0.3) is 6.01 Å². The van der Waals surface area contributed by atoms with Crippen LogP contribution in [0.4, 0.5) is 6.01 Å². The Balaban J connectivity index is 2.31. The van der Waals surface area contributed by atoms with Crippen LogP contribution in [0.5, 0.6) is 0 Å². The zero-order valence-electron chi connectivity index (χ0n) is 11.3. The van der Waals surface area contributed by atoms with E-state index in [2.05, 4.69) is 9.88 Å². The minimum Gasteiger partial charge on any atom is -0.478 e. The van der Waals surface area contributed by atoms with Crippen molar-refractivity contribution in [1.29, 1.82) is 0 Å². The Morgan fingerprint density at radius 3 is 2.68 bits per heavy atom. The number of carboxylic acids is 1. The number of benzene rings is 1. The second kappa shape index (κ2) is 5.27. The molecule has 19 heavy (non-hydrogen) atoms. The summed E-state index contributed by atoms with van der Waals surface area (Å²) < 4.78 is 5.59. The molecule has 0 amide bonds. The Hall–Kier alpha value is -2.08. The Morgan fingerprint density at radius 1 is 1.32 bits per heavy atom. The van der Waals surface area contributed by atoms with E-state index in [-0.39, 0.29) is 5.56 Å². The van der Waals surface area contributed by atoms with E-state index >= 15 is 0 Å². The maximum atomic E-state index is 11.1. The number of fused-ring (bicyclic) bond motifs is 1. The lowest BCUT2D eigenvalue weighted by Crippen LogP contribution is -2.28. The number of anilines is 1. The number of oxazole rings is 1. The summed E-state index contributed by atoms with van der Waals surface area (Å²) in [5.74, 6) is -0.999. The monoisotopic (exact) mass is 263 g/mol. The van der Waals surface area contributed by atoms with E-state index in [0.717, 1.165) is 13.1 Å². The number of aromatic carboxylic acids is 1. The first-order chi connectivity index (χ1) is 8.99. The van der Waals surface area contributed by atoms with E-state index in [1.54, 1.807) is 12.1 Å². The second-order valence-electron chi connectivity index (χ2n) is 4.68. The van der Waals surface area contributed by atoms with Crippen LogP contribution in [0.1, 0.15) is 10.4 Å². The van der Waals surface area contributed by atoms with E-state index in [9.17, 15) is 4.79 Å². The molecule has 0 unspecified atom stereocenters. The van der Waals surface area contributed by atoms with Gasteiger partial charge in [-0.2, -0.15) is 4.98 Å². The van der Waals surface area contributed by atoms with Crippen molar-refractivity contribution in [1.82, 2.24) is 9.88 Å². The molecule has 0 aliphatic rings. The van der Waals surface area contributed by atoms with Gasteiger partial charge in [0.2, 0.25) is 0 Å². The fourth-order valence-corrected chi connectivity index (χ4v) is 1.72. The Morgan fingerprint density at radius 2 is 2.05 bits per heavy atom. The molecule has 1 aromatic carbocycles. The van der Waals surface area contributed by atoms with Crippen LogP contribution >= 0.6 is 0 Å². The molecule has 0 saturated carbocycles. The quantitative estimate of drug-likeness (QED) is 0.882. The van der Waals surface area contributed by atoms with Crippen LogP contribution in [-0.4, -0.2) is 55.2 Å². The Labute approximate surface area is 111 Å². The standard InChI is InChI=1S/C13H17N3O3/c1-15(2)7-8-16(3)13-14-11-9(12(17)18)5-4-6-10(11)19-13/h4-6H,7-8H2,1-3H3,(H,17,18). The summed E-state index contributed by atoms with van der Waals surface area (Å²) in [6, 6.07) is 5.33. The average molecular weight is 263 g/mol. The van der Waals surface area contributed by atoms with Gasteiger partial charge in [-0.05, 0) is 26.2 Å². The summed E-state index contributed by atoms with van der Waals surface area (Å²) >= 11 is 0. The summed E-state index contributed by atoms with van der Waals surface area (Å²) in [5.41, 5.74) is 1.04. The molecule has 0 radical (unpaired) electrons. The second-order valence-corrected chi connectivity index (χ2v) is 4.68. The number of nitrogens with zero attached hydrogens (tertiary/aromatic N) is 3. The molecule has 1 heterocycles. The zero-order chi connectivity index (χ0) is 14.0. The predicted octanol–water partition coefficient (Wildman–Crippen LogP) is 1.52. The zero-order valence-corrected chi connectivity index (χ0v) is 11.3. The molecule has 0 spiro atoms. The number of carboxylic acid groups (broad SMARTS) is 1. The molecule has 2 rings (SSSR count). The number of hydrogen-bond acceptors (Lipinski definition) is 5. The van der Waals surface area contributed by atoms with Crippen LogP contribution in [0.2, 0.25) is 0 Å². The Bertz CT molecular complexity index is 592. The third-order valence-electron chi connectivity index (χ3n) is 2.85. The molecular formula is C13H17N3O3. The third kappa shape index (κ3) is 2.85. The van der Waals surface area contributed by atoms with Crippen molar-refractivity contribution in [2.45, 2.75) is 0 Å². The lowest BCUT2D eigenvalue weighted by molar-refractivity contribution is 0.0699. The first kappa shape index (κ1) is 13.4. The summed E-state index contributed by atoms with van der Waals surface area (Å²) in [7, 11) is 5.85. The summed E-state index contributed by atoms with van der Waals surface area (Å²) in [6.07, 6.45) is 0. The van der Waals surface area contributed by atoms with E-state index < -0.39 is 5.97 Å². The number of rotatable bonds is 5. The minimum atomic E-state index is -0.999. The molecule has 0 bridgehead atoms. The van der Waals surface area contributed by atoms with E-state index in [4.69, 9.17) is 9.52 Å². The average Bonchev–Trinajstić information content (AvgIpc) is 2.78. The molecule has 6 heteroatoms. The van der Waals surface area contributed by atoms with Crippen molar-refractivity contribution < 1.29 is 14.3 Å². The lowest BCUT2D eigenvalue weighted by atomic mass is 10.2. The largest absolute Gasteiger partial charge is 0.478 e. The molecule has 2 aromatic rings. The molecule has 0 atom stereocenters. The first-order valence-electron chi connectivity index (χ1n) is 5.97. The van der Waals surface area contributed by atoms with E-state index in [0.29, 0.717) is 17.1 Å². The third-order valence-corrected chi connectivity index (χ3v) is 2.85. The maximum Gasteiger partial charge on any atom is 0.338 e. The summed E-state index contributed by atoms with van der Waals surface area (Å²) in [5, 5.41) is 9.10. The number of likely N-dealkylation sites (N-methyl/N-ethyl adjacent to an activating group) is 2. The van der Waals surface area contributed by atoms with Gasteiger partial charge in [0.05, 0.1) is 5.56 Å².